The number of halogens is 1. The van der Waals surface area contributed by atoms with Crippen LogP contribution in [0.25, 0.3) is 10.9 Å². The number of hydrogen-bond acceptors (Lipinski definition) is 5. The SMILES string of the molecule is COc1cccc(OC)c1CN1CCC[C@@H](NC(=O)c2ccc3c(c2)c(Br)nn3C(c2ccccc2)(c2ccccc2)c2ccccc2)C1. The van der Waals surface area contributed by atoms with Gasteiger partial charge in [-0.3, -0.25) is 9.69 Å². The van der Waals surface area contributed by atoms with Crippen molar-refractivity contribution in [2.75, 3.05) is 27.3 Å². The van der Waals surface area contributed by atoms with Gasteiger partial charge in [-0.25, -0.2) is 4.68 Å². The van der Waals surface area contributed by atoms with Crippen LogP contribution in [0.4, 0.5) is 0 Å². The largest absolute Gasteiger partial charge is 0.496 e. The fourth-order valence-corrected chi connectivity index (χ4v) is 7.75. The van der Waals surface area contributed by atoms with Crippen molar-refractivity contribution in [2.24, 2.45) is 0 Å². The van der Waals surface area contributed by atoms with Crippen LogP contribution in [0, 0.1) is 0 Å². The van der Waals surface area contributed by atoms with Crippen molar-refractivity contribution in [3.8, 4) is 11.5 Å². The lowest BCUT2D eigenvalue weighted by Crippen LogP contribution is -2.47. The van der Waals surface area contributed by atoms with Crippen LogP contribution in [0.5, 0.6) is 11.5 Å². The smallest absolute Gasteiger partial charge is 0.251 e. The zero-order valence-corrected chi connectivity index (χ0v) is 29.3. The van der Waals surface area contributed by atoms with Crippen LogP contribution in [0.3, 0.4) is 0 Å². The van der Waals surface area contributed by atoms with E-state index < -0.39 is 5.54 Å². The van der Waals surface area contributed by atoms with Crippen LogP contribution < -0.4 is 14.8 Å². The highest BCUT2D eigenvalue weighted by molar-refractivity contribution is 9.10. The summed E-state index contributed by atoms with van der Waals surface area (Å²) in [7, 11) is 3.36. The van der Waals surface area contributed by atoms with Crippen LogP contribution in [0.1, 0.15) is 45.5 Å². The van der Waals surface area contributed by atoms with E-state index in [4.69, 9.17) is 14.6 Å². The van der Waals surface area contributed by atoms with Crippen molar-refractivity contribution in [1.82, 2.24) is 20.0 Å². The fourth-order valence-electron chi connectivity index (χ4n) is 7.28. The van der Waals surface area contributed by atoms with Gasteiger partial charge < -0.3 is 14.8 Å². The molecule has 0 radical (unpaired) electrons. The number of ether oxygens (including phenoxy) is 2. The van der Waals surface area contributed by atoms with Gasteiger partial charge in [-0.15, -0.1) is 0 Å². The zero-order chi connectivity index (χ0) is 33.8. The minimum atomic E-state index is -0.770. The zero-order valence-electron chi connectivity index (χ0n) is 27.7. The molecule has 6 aromatic rings. The molecule has 49 heavy (non-hydrogen) atoms. The molecule has 7 nitrogen and oxygen atoms in total. The first-order valence-electron chi connectivity index (χ1n) is 16.6. The third-order valence-electron chi connectivity index (χ3n) is 9.54. The molecule has 7 rings (SSSR count). The summed E-state index contributed by atoms with van der Waals surface area (Å²) in [5.41, 5.74) is 5.00. The number of benzene rings is 5. The minimum absolute atomic E-state index is 0.0192. The first-order chi connectivity index (χ1) is 24.0. The van der Waals surface area contributed by atoms with E-state index in [1.54, 1.807) is 14.2 Å². The van der Waals surface area contributed by atoms with Gasteiger partial charge >= 0.3 is 0 Å². The monoisotopic (exact) mass is 714 g/mol. The number of piperidine rings is 1. The summed E-state index contributed by atoms with van der Waals surface area (Å²) in [4.78, 5) is 16.1. The average molecular weight is 716 g/mol. The number of hydrogen-bond donors (Lipinski definition) is 1. The Balaban J connectivity index is 1.21. The van der Waals surface area contributed by atoms with E-state index in [0.717, 1.165) is 70.6 Å². The molecule has 1 amide bonds. The molecule has 0 bridgehead atoms. The first-order valence-corrected chi connectivity index (χ1v) is 17.4. The molecule has 0 unspecified atom stereocenters. The molecule has 1 saturated heterocycles. The highest BCUT2D eigenvalue weighted by atomic mass is 79.9. The number of likely N-dealkylation sites (tertiary alicyclic amines) is 1. The number of fused-ring (bicyclic) bond motifs is 1. The molecule has 1 aliphatic heterocycles. The van der Waals surface area contributed by atoms with Crippen molar-refractivity contribution >= 4 is 32.7 Å². The van der Waals surface area contributed by atoms with Gasteiger partial charge in [0.05, 0.1) is 25.3 Å². The molecule has 0 saturated carbocycles. The van der Waals surface area contributed by atoms with Gasteiger partial charge in [0.1, 0.15) is 21.6 Å². The van der Waals surface area contributed by atoms with Crippen molar-refractivity contribution in [1.29, 1.82) is 0 Å². The molecule has 2 heterocycles. The Morgan fingerprint density at radius 2 is 1.39 bits per heavy atom. The van der Waals surface area contributed by atoms with Gasteiger partial charge in [0.2, 0.25) is 0 Å². The van der Waals surface area contributed by atoms with Crippen LogP contribution in [0.2, 0.25) is 0 Å². The molecule has 1 fully saturated rings. The maximum atomic E-state index is 13.8. The van der Waals surface area contributed by atoms with Gasteiger partial charge in [-0.2, -0.15) is 5.10 Å². The summed E-state index contributed by atoms with van der Waals surface area (Å²) in [6, 6.07) is 43.2. The second-order valence-electron chi connectivity index (χ2n) is 12.4. The Morgan fingerprint density at radius 1 is 0.816 bits per heavy atom. The van der Waals surface area contributed by atoms with Crippen molar-refractivity contribution in [2.45, 2.75) is 31.0 Å². The molecule has 5 aromatic carbocycles. The van der Waals surface area contributed by atoms with E-state index in [0.29, 0.717) is 16.7 Å². The van der Waals surface area contributed by atoms with E-state index >= 15 is 0 Å². The average Bonchev–Trinajstić information content (AvgIpc) is 3.49. The summed E-state index contributed by atoms with van der Waals surface area (Å²) in [5.74, 6) is 1.52. The van der Waals surface area contributed by atoms with Gasteiger partial charge in [0.15, 0.2) is 0 Å². The highest BCUT2D eigenvalue weighted by Gasteiger charge is 2.41. The Morgan fingerprint density at radius 3 is 1.94 bits per heavy atom. The van der Waals surface area contributed by atoms with Crippen molar-refractivity contribution < 1.29 is 14.3 Å². The molecule has 1 aliphatic rings. The number of amides is 1. The Kier molecular flexibility index (Phi) is 9.51. The maximum absolute atomic E-state index is 13.8. The third kappa shape index (κ3) is 6.22. The van der Waals surface area contributed by atoms with Crippen LogP contribution in [0.15, 0.2) is 132 Å². The highest BCUT2D eigenvalue weighted by Crippen LogP contribution is 2.43. The summed E-state index contributed by atoms with van der Waals surface area (Å²) < 4.78 is 14.0. The summed E-state index contributed by atoms with van der Waals surface area (Å²) in [5, 5.41) is 9.35. The molecule has 0 spiro atoms. The number of carbonyl (C=O) groups is 1. The predicted molar refractivity (Wildman–Crippen MR) is 197 cm³/mol. The van der Waals surface area contributed by atoms with Crippen LogP contribution >= 0.6 is 15.9 Å². The Labute approximate surface area is 295 Å². The number of aromatic nitrogens is 2. The molecule has 1 atom stereocenters. The summed E-state index contributed by atoms with van der Waals surface area (Å²) in [6.45, 7) is 2.37. The lowest BCUT2D eigenvalue weighted by Gasteiger charge is -2.37. The number of rotatable bonds is 10. The maximum Gasteiger partial charge on any atom is 0.251 e. The molecule has 8 heteroatoms. The lowest BCUT2D eigenvalue weighted by molar-refractivity contribution is 0.0900. The van der Waals surface area contributed by atoms with Gasteiger partial charge in [0.25, 0.3) is 5.91 Å². The van der Waals surface area contributed by atoms with Crippen molar-refractivity contribution in [3.05, 3.63) is 160 Å². The number of nitrogens with one attached hydrogen (secondary N) is 1. The van der Waals surface area contributed by atoms with E-state index in [9.17, 15) is 4.79 Å². The van der Waals surface area contributed by atoms with Crippen LogP contribution in [-0.4, -0.2) is 53.9 Å². The Hall–Kier alpha value is -4.92. The lowest BCUT2D eigenvalue weighted by atomic mass is 9.77. The minimum Gasteiger partial charge on any atom is -0.496 e. The van der Waals surface area contributed by atoms with Gasteiger partial charge in [-0.05, 0) is 82.3 Å². The number of carbonyl (C=O) groups excluding carboxylic acids is 1. The molecule has 1 N–H and O–H groups in total. The van der Waals surface area contributed by atoms with E-state index in [2.05, 4.69) is 104 Å². The quantitative estimate of drug-likeness (QED) is 0.146. The topological polar surface area (TPSA) is 68.6 Å². The fraction of sp³-hybridized carbons (Fsp3) is 0.220. The normalized spacial score (nSPS) is 15.2. The molecule has 248 valence electrons. The van der Waals surface area contributed by atoms with Gasteiger partial charge in [-0.1, -0.05) is 97.1 Å². The van der Waals surface area contributed by atoms with Crippen LogP contribution in [-0.2, 0) is 12.1 Å². The van der Waals surface area contributed by atoms with E-state index in [-0.39, 0.29) is 11.9 Å². The van der Waals surface area contributed by atoms with E-state index in [1.165, 1.54) is 0 Å². The molecule has 1 aromatic heterocycles. The molecular weight excluding hydrogens is 676 g/mol. The standard InChI is InChI=1S/C41H39BrN4O3/c1-48-37-21-12-22-38(49-2)35(37)28-45-25-13-20-33(27-45)43-40(47)29-23-24-36-34(26-29)39(42)44-46(36)41(30-14-6-3-7-15-30,31-16-8-4-9-17-31)32-18-10-5-11-19-32/h3-12,14-19,21-24,26,33H,13,20,25,27-28H2,1-2H3,(H,43,47)/t33-/m1/s1. The second kappa shape index (κ2) is 14.3. The van der Waals surface area contributed by atoms with E-state index in [1.807, 2.05) is 54.6 Å². The third-order valence-corrected chi connectivity index (χ3v) is 10.1. The summed E-state index contributed by atoms with van der Waals surface area (Å²) >= 11 is 3.78. The predicted octanol–water partition coefficient (Wildman–Crippen LogP) is 8.05. The first kappa shape index (κ1) is 32.6. The number of methoxy groups -OCH3 is 2. The molecule has 0 aliphatic carbocycles. The van der Waals surface area contributed by atoms with Crippen molar-refractivity contribution in [3.63, 3.8) is 0 Å². The molecular formula is C41H39BrN4O3. The number of nitrogens with zero attached hydrogens (tertiary/aromatic N) is 3. The second-order valence-corrected chi connectivity index (χ2v) is 13.2. The van der Waals surface area contributed by atoms with Gasteiger partial charge in [0, 0.05) is 30.1 Å². The summed E-state index contributed by atoms with van der Waals surface area (Å²) in [6.07, 6.45) is 1.91. The Bertz CT molecular complexity index is 1930.